The first kappa shape index (κ1) is 18.3. The van der Waals surface area contributed by atoms with Gasteiger partial charge in [0, 0.05) is 10.9 Å². The first-order chi connectivity index (χ1) is 11.5. The predicted molar refractivity (Wildman–Crippen MR) is 114 cm³/mol. The minimum atomic E-state index is -0.841. The molecular formula is C23H32NSi. The second-order valence-electron chi connectivity index (χ2n) is 9.73. The zero-order chi connectivity index (χ0) is 18.6. The highest BCUT2D eigenvalue weighted by Gasteiger charge is 2.29. The second-order valence-corrected chi connectivity index (χ2v) is 12.7. The van der Waals surface area contributed by atoms with Gasteiger partial charge < -0.3 is 4.98 Å². The van der Waals surface area contributed by atoms with Gasteiger partial charge in [0.1, 0.15) is 0 Å². The molecule has 2 heteroatoms. The van der Waals surface area contributed by atoms with Crippen LogP contribution >= 0.6 is 0 Å². The summed E-state index contributed by atoms with van der Waals surface area (Å²) in [7, 11) is -0.841. The quantitative estimate of drug-likeness (QED) is 0.611. The summed E-state index contributed by atoms with van der Waals surface area (Å²) in [6.07, 6.45) is 9.28. The summed E-state index contributed by atoms with van der Waals surface area (Å²) in [6, 6.07) is 4.61. The molecule has 0 amide bonds. The van der Waals surface area contributed by atoms with E-state index in [4.69, 9.17) is 0 Å². The number of hydrogen-bond acceptors (Lipinski definition) is 0. The van der Waals surface area contributed by atoms with Crippen molar-refractivity contribution in [1.82, 2.24) is 4.98 Å². The Labute approximate surface area is 154 Å². The van der Waals surface area contributed by atoms with E-state index in [1.165, 1.54) is 27.6 Å². The molecular weight excluding hydrogens is 318 g/mol. The SMILES string of the molecule is C[SiH](C)C1=C(c2ccc3[nH][c]c(C(C)(C)C)c3c2C(C)(C)C)CC=C1. The first-order valence-electron chi connectivity index (χ1n) is 9.49. The molecule has 0 unspecified atom stereocenters. The van der Waals surface area contributed by atoms with Crippen LogP contribution in [-0.2, 0) is 10.8 Å². The van der Waals surface area contributed by atoms with Crippen LogP contribution in [0.2, 0.25) is 13.1 Å². The lowest BCUT2D eigenvalue weighted by molar-refractivity contribution is 0.580. The molecule has 1 aromatic heterocycles. The number of benzene rings is 1. The molecule has 1 aliphatic rings. The summed E-state index contributed by atoms with van der Waals surface area (Å²) in [6.45, 7) is 18.8. The number of aromatic nitrogens is 1. The van der Waals surface area contributed by atoms with Crippen molar-refractivity contribution in [2.45, 2.75) is 71.9 Å². The molecule has 1 nitrogen and oxygen atoms in total. The average Bonchev–Trinajstić information content (AvgIpc) is 3.10. The Hall–Kier alpha value is -1.54. The van der Waals surface area contributed by atoms with Crippen molar-refractivity contribution < 1.29 is 0 Å². The van der Waals surface area contributed by atoms with E-state index in [0.29, 0.717) is 0 Å². The fourth-order valence-corrected chi connectivity index (χ4v) is 5.57. The highest BCUT2D eigenvalue weighted by molar-refractivity contribution is 6.66. The molecule has 0 atom stereocenters. The van der Waals surface area contributed by atoms with Gasteiger partial charge in [-0.15, -0.1) is 0 Å². The van der Waals surface area contributed by atoms with E-state index in [-0.39, 0.29) is 10.8 Å². The third-order valence-corrected chi connectivity index (χ3v) is 6.98. The third kappa shape index (κ3) is 3.17. The number of rotatable bonds is 2. The van der Waals surface area contributed by atoms with Gasteiger partial charge >= 0.3 is 0 Å². The zero-order valence-electron chi connectivity index (χ0n) is 17.1. The Morgan fingerprint density at radius 1 is 1.00 bits per heavy atom. The molecule has 3 rings (SSSR count). The maximum atomic E-state index is 3.47. The van der Waals surface area contributed by atoms with Crippen molar-refractivity contribution in [3.63, 3.8) is 0 Å². The Bertz CT molecular complexity index is 864. The number of H-pyrrole nitrogens is 1. The highest BCUT2D eigenvalue weighted by atomic mass is 28.3. The molecule has 0 saturated carbocycles. The van der Waals surface area contributed by atoms with Gasteiger partial charge in [0.2, 0.25) is 0 Å². The molecule has 2 aromatic rings. The summed E-state index contributed by atoms with van der Waals surface area (Å²) in [5.74, 6) is 0. The van der Waals surface area contributed by atoms with Crippen LogP contribution in [-0.4, -0.2) is 13.8 Å². The van der Waals surface area contributed by atoms with Gasteiger partial charge in [0.25, 0.3) is 0 Å². The number of aromatic amines is 1. The molecule has 1 aliphatic carbocycles. The van der Waals surface area contributed by atoms with Gasteiger partial charge in [-0.3, -0.25) is 0 Å². The Kier molecular flexibility index (Phi) is 4.39. The van der Waals surface area contributed by atoms with Crippen LogP contribution in [0.15, 0.2) is 29.5 Å². The number of allylic oxidation sites excluding steroid dienone is 4. The predicted octanol–water partition coefficient (Wildman–Crippen LogP) is 6.30. The lowest BCUT2D eigenvalue weighted by atomic mass is 9.76. The maximum absolute atomic E-state index is 3.47. The van der Waals surface area contributed by atoms with Crippen molar-refractivity contribution in [2.75, 3.05) is 0 Å². The minimum Gasteiger partial charge on any atom is -0.353 e. The van der Waals surface area contributed by atoms with Crippen LogP contribution in [0, 0.1) is 6.20 Å². The van der Waals surface area contributed by atoms with Gasteiger partial charge in [-0.1, -0.05) is 78.1 Å². The lowest BCUT2D eigenvalue weighted by Crippen LogP contribution is -2.18. The molecule has 0 spiro atoms. The second kappa shape index (κ2) is 6.02. The molecule has 25 heavy (non-hydrogen) atoms. The Balaban J connectivity index is 2.40. The van der Waals surface area contributed by atoms with Gasteiger partial charge in [-0.2, -0.15) is 0 Å². The summed E-state index contributed by atoms with van der Waals surface area (Å²) in [5.41, 5.74) is 7.20. The zero-order valence-corrected chi connectivity index (χ0v) is 18.2. The Morgan fingerprint density at radius 3 is 2.24 bits per heavy atom. The fourth-order valence-electron chi connectivity index (χ4n) is 4.08. The fraction of sp³-hybridized carbons (Fsp3) is 0.478. The van der Waals surface area contributed by atoms with Crippen LogP contribution in [0.3, 0.4) is 0 Å². The van der Waals surface area contributed by atoms with E-state index in [2.05, 4.69) is 90.1 Å². The maximum Gasteiger partial charge on any atom is 0.0671 e. The number of nitrogens with one attached hydrogen (secondary N) is 1. The largest absolute Gasteiger partial charge is 0.353 e. The van der Waals surface area contributed by atoms with Gasteiger partial charge in [0.15, 0.2) is 0 Å². The van der Waals surface area contributed by atoms with E-state index < -0.39 is 8.80 Å². The summed E-state index contributed by atoms with van der Waals surface area (Å²) < 4.78 is 0. The molecule has 1 aromatic carbocycles. The van der Waals surface area contributed by atoms with Crippen molar-refractivity contribution in [1.29, 1.82) is 0 Å². The molecule has 1 N–H and O–H groups in total. The van der Waals surface area contributed by atoms with Crippen LogP contribution in [0.25, 0.3) is 16.5 Å². The van der Waals surface area contributed by atoms with Crippen molar-refractivity contribution >= 4 is 25.3 Å². The van der Waals surface area contributed by atoms with Crippen molar-refractivity contribution in [3.8, 4) is 0 Å². The number of hydrogen-bond donors (Lipinski definition) is 1. The molecule has 1 heterocycles. The Morgan fingerprint density at radius 2 is 1.68 bits per heavy atom. The normalized spacial score (nSPS) is 15.9. The smallest absolute Gasteiger partial charge is 0.0671 e. The van der Waals surface area contributed by atoms with Crippen molar-refractivity contribution in [2.24, 2.45) is 0 Å². The molecule has 1 radical (unpaired) electrons. The van der Waals surface area contributed by atoms with Crippen molar-refractivity contribution in [3.05, 3.63) is 52.4 Å². The summed E-state index contributed by atoms with van der Waals surface area (Å²) >= 11 is 0. The van der Waals surface area contributed by atoms with Gasteiger partial charge in [0.05, 0.1) is 15.0 Å². The summed E-state index contributed by atoms with van der Waals surface area (Å²) in [4.78, 5) is 3.41. The summed E-state index contributed by atoms with van der Waals surface area (Å²) in [5, 5.41) is 3.02. The molecule has 0 fully saturated rings. The van der Waals surface area contributed by atoms with E-state index >= 15 is 0 Å². The average molecular weight is 351 g/mol. The van der Waals surface area contributed by atoms with E-state index in [1.807, 2.05) is 0 Å². The van der Waals surface area contributed by atoms with E-state index in [0.717, 1.165) is 6.42 Å². The van der Waals surface area contributed by atoms with Crippen LogP contribution in [0.4, 0.5) is 0 Å². The minimum absolute atomic E-state index is 0.0782. The van der Waals surface area contributed by atoms with Gasteiger partial charge in [-0.25, -0.2) is 0 Å². The van der Waals surface area contributed by atoms with Crippen LogP contribution < -0.4 is 0 Å². The molecule has 0 aliphatic heterocycles. The molecule has 0 bridgehead atoms. The first-order valence-corrected chi connectivity index (χ1v) is 12.4. The molecule has 0 saturated heterocycles. The van der Waals surface area contributed by atoms with Crippen LogP contribution in [0.5, 0.6) is 0 Å². The topological polar surface area (TPSA) is 15.8 Å². The monoisotopic (exact) mass is 350 g/mol. The van der Waals surface area contributed by atoms with E-state index in [9.17, 15) is 0 Å². The van der Waals surface area contributed by atoms with E-state index in [1.54, 1.807) is 10.8 Å². The highest BCUT2D eigenvalue weighted by Crippen LogP contribution is 2.43. The standard InChI is InChI=1S/C23H32NSi/c1-22(2,3)17-14-24-18-13-12-16(21(20(17)18)23(4,5)6)15-10-9-11-19(15)25(7)8/h9,11-13,24-25H,10H2,1-8H3. The number of fused-ring (bicyclic) bond motifs is 1. The molecule has 133 valence electrons. The van der Waals surface area contributed by atoms with Gasteiger partial charge in [-0.05, 0) is 45.6 Å². The third-order valence-electron chi connectivity index (χ3n) is 5.19. The lowest BCUT2D eigenvalue weighted by Gasteiger charge is -2.28. The van der Waals surface area contributed by atoms with Crippen LogP contribution in [0.1, 0.15) is 64.7 Å².